The molecule has 2 rings (SSSR count). The van der Waals surface area contributed by atoms with Crippen LogP contribution in [0.5, 0.6) is 0 Å². The zero-order chi connectivity index (χ0) is 16.8. The van der Waals surface area contributed by atoms with Gasteiger partial charge in [0.2, 0.25) is 0 Å². The lowest BCUT2D eigenvalue weighted by Gasteiger charge is -2.08. The number of hydrogen-bond acceptors (Lipinski definition) is 4. The zero-order valence-corrected chi connectivity index (χ0v) is 14.1. The summed E-state index contributed by atoms with van der Waals surface area (Å²) in [4.78, 5) is 15.2. The van der Waals surface area contributed by atoms with Gasteiger partial charge < -0.3 is 9.84 Å². The second-order valence-corrected chi connectivity index (χ2v) is 5.79. The molecule has 0 bridgehead atoms. The first-order valence-corrected chi connectivity index (χ1v) is 7.88. The van der Waals surface area contributed by atoms with Crippen LogP contribution in [0.25, 0.3) is 5.69 Å². The molecule has 0 aliphatic rings. The lowest BCUT2D eigenvalue weighted by molar-refractivity contribution is -0.137. The highest BCUT2D eigenvalue weighted by molar-refractivity contribution is 6.34. The largest absolute Gasteiger partial charge is 0.481 e. The molecule has 0 aliphatic heterocycles. The third-order valence-electron chi connectivity index (χ3n) is 3.18. The molecule has 0 saturated carbocycles. The first-order chi connectivity index (χ1) is 11.0. The minimum atomic E-state index is -0.837. The number of methoxy groups -OCH3 is 1. The van der Waals surface area contributed by atoms with E-state index in [-0.39, 0.29) is 6.42 Å². The van der Waals surface area contributed by atoms with Crippen LogP contribution < -0.4 is 0 Å². The Hall–Kier alpha value is -1.63. The highest BCUT2D eigenvalue weighted by atomic mass is 35.5. The van der Waals surface area contributed by atoms with E-state index in [1.54, 1.807) is 30.0 Å². The Bertz CT molecular complexity index is 689. The highest BCUT2D eigenvalue weighted by Gasteiger charge is 2.15. The third kappa shape index (κ3) is 4.92. The van der Waals surface area contributed by atoms with E-state index >= 15 is 0 Å². The van der Waals surface area contributed by atoms with E-state index < -0.39 is 5.97 Å². The second kappa shape index (κ2) is 8.29. The molecule has 1 heterocycles. The van der Waals surface area contributed by atoms with Crippen molar-refractivity contribution in [3.05, 3.63) is 39.9 Å². The summed E-state index contributed by atoms with van der Waals surface area (Å²) in [7, 11) is 1.61. The van der Waals surface area contributed by atoms with Crippen LogP contribution in [0, 0.1) is 0 Å². The Kier molecular flexibility index (Phi) is 6.38. The van der Waals surface area contributed by atoms with Crippen LogP contribution in [0.3, 0.4) is 0 Å². The van der Waals surface area contributed by atoms with Gasteiger partial charge in [0.1, 0.15) is 5.82 Å². The van der Waals surface area contributed by atoms with Crippen molar-refractivity contribution >= 4 is 29.2 Å². The fourth-order valence-electron chi connectivity index (χ4n) is 2.09. The smallest absolute Gasteiger partial charge is 0.303 e. The van der Waals surface area contributed by atoms with E-state index in [0.717, 1.165) is 0 Å². The van der Waals surface area contributed by atoms with Gasteiger partial charge >= 0.3 is 5.97 Å². The van der Waals surface area contributed by atoms with Crippen LogP contribution in [0.4, 0.5) is 0 Å². The number of aryl methyl sites for hydroxylation is 1. The Morgan fingerprint density at radius 3 is 2.83 bits per heavy atom. The number of carbonyl (C=O) groups is 1. The number of ether oxygens (including phenoxy) is 1. The predicted octanol–water partition coefficient (Wildman–Crippen LogP) is 3.17. The lowest BCUT2D eigenvalue weighted by Crippen LogP contribution is -2.05. The van der Waals surface area contributed by atoms with Crippen molar-refractivity contribution in [1.29, 1.82) is 0 Å². The molecule has 1 aromatic heterocycles. The number of benzene rings is 1. The Labute approximate surface area is 144 Å². The standard InChI is InChI=1S/C15H17Cl2N3O3/c1-23-8-7-13-18-14(3-2-4-15(21)22)20(19-13)12-9-10(16)5-6-11(12)17/h5-6,9H,2-4,7-8H2,1H3,(H,21,22). The number of carboxylic acids is 1. The van der Waals surface area contributed by atoms with Gasteiger partial charge in [0.15, 0.2) is 5.82 Å². The van der Waals surface area contributed by atoms with Gasteiger partial charge in [-0.05, 0) is 24.6 Å². The number of halogens is 2. The van der Waals surface area contributed by atoms with Crippen LogP contribution in [-0.2, 0) is 22.4 Å². The molecule has 0 amide bonds. The molecule has 1 aromatic carbocycles. The number of hydrogen-bond donors (Lipinski definition) is 1. The summed E-state index contributed by atoms with van der Waals surface area (Å²) in [6.07, 6.45) is 1.59. The molecule has 1 N–H and O–H groups in total. The summed E-state index contributed by atoms with van der Waals surface area (Å²) in [6, 6.07) is 5.09. The molecule has 0 radical (unpaired) electrons. The van der Waals surface area contributed by atoms with Gasteiger partial charge in [-0.25, -0.2) is 9.67 Å². The fourth-order valence-corrected chi connectivity index (χ4v) is 2.46. The first-order valence-electron chi connectivity index (χ1n) is 7.12. The summed E-state index contributed by atoms with van der Waals surface area (Å²) in [5.74, 6) is 0.436. The van der Waals surface area contributed by atoms with E-state index in [9.17, 15) is 4.79 Å². The van der Waals surface area contributed by atoms with Crippen molar-refractivity contribution in [3.63, 3.8) is 0 Å². The molecular formula is C15H17Cl2N3O3. The molecular weight excluding hydrogens is 341 g/mol. The molecule has 23 heavy (non-hydrogen) atoms. The minimum absolute atomic E-state index is 0.0730. The molecule has 6 nitrogen and oxygen atoms in total. The topological polar surface area (TPSA) is 77.2 Å². The van der Waals surface area contributed by atoms with E-state index in [4.69, 9.17) is 33.0 Å². The van der Waals surface area contributed by atoms with Gasteiger partial charge in [-0.3, -0.25) is 4.79 Å². The number of aromatic nitrogens is 3. The van der Waals surface area contributed by atoms with E-state index in [0.29, 0.717) is 53.3 Å². The monoisotopic (exact) mass is 357 g/mol. The third-order valence-corrected chi connectivity index (χ3v) is 3.73. The molecule has 0 unspecified atom stereocenters. The molecule has 2 aromatic rings. The van der Waals surface area contributed by atoms with Crippen LogP contribution in [-0.4, -0.2) is 39.6 Å². The van der Waals surface area contributed by atoms with Crippen molar-refractivity contribution in [2.24, 2.45) is 0 Å². The minimum Gasteiger partial charge on any atom is -0.481 e. The number of rotatable bonds is 8. The summed E-state index contributed by atoms with van der Waals surface area (Å²) < 4.78 is 6.67. The van der Waals surface area contributed by atoms with Crippen molar-refractivity contribution in [2.45, 2.75) is 25.7 Å². The highest BCUT2D eigenvalue weighted by Crippen LogP contribution is 2.25. The van der Waals surface area contributed by atoms with Crippen LogP contribution >= 0.6 is 23.2 Å². The summed E-state index contributed by atoms with van der Waals surface area (Å²) in [6.45, 7) is 0.502. The molecule has 0 spiro atoms. The van der Waals surface area contributed by atoms with Gasteiger partial charge in [-0.2, -0.15) is 5.10 Å². The average Bonchev–Trinajstić information content (AvgIpc) is 2.90. The van der Waals surface area contributed by atoms with Crippen molar-refractivity contribution in [1.82, 2.24) is 14.8 Å². The van der Waals surface area contributed by atoms with Crippen LogP contribution in [0.1, 0.15) is 24.5 Å². The van der Waals surface area contributed by atoms with Gasteiger partial charge in [0.25, 0.3) is 0 Å². The molecule has 0 atom stereocenters. The lowest BCUT2D eigenvalue weighted by atomic mass is 10.2. The van der Waals surface area contributed by atoms with Gasteiger partial charge in [-0.15, -0.1) is 0 Å². The predicted molar refractivity (Wildman–Crippen MR) is 87.5 cm³/mol. The maximum absolute atomic E-state index is 10.7. The molecule has 0 aliphatic carbocycles. The SMILES string of the molecule is COCCc1nc(CCCC(=O)O)n(-c2cc(Cl)ccc2Cl)n1. The van der Waals surface area contributed by atoms with Crippen LogP contribution in [0.2, 0.25) is 10.0 Å². The van der Waals surface area contributed by atoms with Gasteiger partial charge in [-0.1, -0.05) is 23.2 Å². The van der Waals surface area contributed by atoms with E-state index in [2.05, 4.69) is 10.1 Å². The molecule has 0 saturated heterocycles. The number of aliphatic carboxylic acids is 1. The van der Waals surface area contributed by atoms with Gasteiger partial charge in [0, 0.05) is 31.4 Å². The second-order valence-electron chi connectivity index (χ2n) is 4.94. The first kappa shape index (κ1) is 17.7. The number of nitrogens with zero attached hydrogens (tertiary/aromatic N) is 3. The maximum atomic E-state index is 10.7. The van der Waals surface area contributed by atoms with E-state index in [1.165, 1.54) is 0 Å². The Morgan fingerprint density at radius 1 is 1.35 bits per heavy atom. The fraction of sp³-hybridized carbons (Fsp3) is 0.400. The van der Waals surface area contributed by atoms with E-state index in [1.807, 2.05) is 0 Å². The maximum Gasteiger partial charge on any atom is 0.303 e. The zero-order valence-electron chi connectivity index (χ0n) is 12.6. The summed E-state index contributed by atoms with van der Waals surface area (Å²) in [5, 5.41) is 14.3. The Balaban J connectivity index is 2.32. The van der Waals surface area contributed by atoms with Crippen molar-refractivity contribution in [2.75, 3.05) is 13.7 Å². The van der Waals surface area contributed by atoms with Crippen molar-refractivity contribution in [3.8, 4) is 5.69 Å². The van der Waals surface area contributed by atoms with Crippen LogP contribution in [0.15, 0.2) is 18.2 Å². The average molecular weight is 358 g/mol. The quantitative estimate of drug-likeness (QED) is 0.784. The van der Waals surface area contributed by atoms with Gasteiger partial charge in [0.05, 0.1) is 17.3 Å². The van der Waals surface area contributed by atoms with Crippen molar-refractivity contribution < 1.29 is 14.6 Å². The normalized spacial score (nSPS) is 10.9. The molecule has 8 heteroatoms. The number of carboxylic acid groups (broad SMARTS) is 1. The summed E-state index contributed by atoms with van der Waals surface area (Å²) in [5.41, 5.74) is 0.626. The molecule has 124 valence electrons. The Morgan fingerprint density at radius 2 is 2.13 bits per heavy atom. The summed E-state index contributed by atoms with van der Waals surface area (Å²) >= 11 is 12.3. The molecule has 0 fully saturated rings.